The van der Waals surface area contributed by atoms with Crippen LogP contribution in [0.25, 0.3) is 0 Å². The van der Waals surface area contributed by atoms with Crippen molar-refractivity contribution >= 4 is 17.5 Å². The normalized spacial score (nSPS) is 9.82. The molecular weight excluding hydrogens is 220 g/mol. The smallest absolute Gasteiger partial charge is 0.313 e. The van der Waals surface area contributed by atoms with Gasteiger partial charge in [0.05, 0.1) is 7.11 Å². The van der Waals surface area contributed by atoms with Gasteiger partial charge in [0.15, 0.2) is 0 Å². The van der Waals surface area contributed by atoms with Crippen LogP contribution in [0.2, 0.25) is 0 Å². The second kappa shape index (κ2) is 5.39. The topological polar surface area (TPSA) is 60.4 Å². The fourth-order valence-corrected chi connectivity index (χ4v) is 1.50. The van der Waals surface area contributed by atoms with Crippen molar-refractivity contribution in [2.24, 2.45) is 0 Å². The molecule has 0 aromatic heterocycles. The Morgan fingerprint density at radius 3 is 2.35 bits per heavy atom. The standard InChI is InChI=1S/C13H14O4/c1-8-4-5-10(9(2)6-8)13(16)11(14)7-12(15)17-3/h4-6H,7H2,1-3H3. The van der Waals surface area contributed by atoms with Crippen LogP contribution in [0.15, 0.2) is 18.2 Å². The molecule has 0 bridgehead atoms. The summed E-state index contributed by atoms with van der Waals surface area (Å²) in [7, 11) is 1.18. The highest BCUT2D eigenvalue weighted by atomic mass is 16.5. The Labute approximate surface area is 99.6 Å². The third-order valence-electron chi connectivity index (χ3n) is 2.41. The number of aryl methyl sites for hydroxylation is 2. The van der Waals surface area contributed by atoms with Crippen LogP contribution in [0.1, 0.15) is 27.9 Å². The highest BCUT2D eigenvalue weighted by Gasteiger charge is 2.21. The van der Waals surface area contributed by atoms with E-state index in [0.29, 0.717) is 5.56 Å². The summed E-state index contributed by atoms with van der Waals surface area (Å²) < 4.78 is 4.34. The highest BCUT2D eigenvalue weighted by Crippen LogP contribution is 2.12. The van der Waals surface area contributed by atoms with Crippen LogP contribution >= 0.6 is 0 Å². The Bertz CT molecular complexity index is 474. The van der Waals surface area contributed by atoms with Crippen LogP contribution < -0.4 is 0 Å². The monoisotopic (exact) mass is 234 g/mol. The van der Waals surface area contributed by atoms with Crippen LogP contribution in [0.5, 0.6) is 0 Å². The molecule has 0 saturated heterocycles. The van der Waals surface area contributed by atoms with Gasteiger partial charge in [0.2, 0.25) is 11.6 Å². The van der Waals surface area contributed by atoms with E-state index >= 15 is 0 Å². The van der Waals surface area contributed by atoms with E-state index in [1.807, 2.05) is 13.0 Å². The maximum Gasteiger partial charge on any atom is 0.313 e. The summed E-state index contributed by atoms with van der Waals surface area (Å²) in [5.41, 5.74) is 2.08. The second-order valence-corrected chi connectivity index (χ2v) is 3.82. The number of esters is 1. The van der Waals surface area contributed by atoms with Crippen molar-refractivity contribution in [2.75, 3.05) is 7.11 Å². The molecule has 90 valence electrons. The molecule has 0 amide bonds. The first-order valence-corrected chi connectivity index (χ1v) is 5.17. The molecule has 1 rings (SSSR count). The largest absolute Gasteiger partial charge is 0.469 e. The van der Waals surface area contributed by atoms with Crippen molar-refractivity contribution in [3.8, 4) is 0 Å². The van der Waals surface area contributed by atoms with E-state index in [1.165, 1.54) is 7.11 Å². The van der Waals surface area contributed by atoms with E-state index < -0.39 is 24.0 Å². The van der Waals surface area contributed by atoms with Crippen molar-refractivity contribution < 1.29 is 19.1 Å². The summed E-state index contributed by atoms with van der Waals surface area (Å²) >= 11 is 0. The van der Waals surface area contributed by atoms with Crippen molar-refractivity contribution in [3.05, 3.63) is 34.9 Å². The maximum absolute atomic E-state index is 11.8. The van der Waals surface area contributed by atoms with E-state index in [2.05, 4.69) is 4.74 Å². The molecule has 0 saturated carbocycles. The van der Waals surface area contributed by atoms with Crippen molar-refractivity contribution in [1.82, 2.24) is 0 Å². The molecule has 1 aromatic rings. The molecule has 0 aliphatic heterocycles. The molecule has 17 heavy (non-hydrogen) atoms. The van der Waals surface area contributed by atoms with Crippen LogP contribution in [-0.4, -0.2) is 24.6 Å². The van der Waals surface area contributed by atoms with Gasteiger partial charge in [0, 0.05) is 5.56 Å². The van der Waals surface area contributed by atoms with Gasteiger partial charge in [0.25, 0.3) is 0 Å². The molecule has 0 aliphatic rings. The van der Waals surface area contributed by atoms with E-state index in [1.54, 1.807) is 19.1 Å². The molecule has 0 atom stereocenters. The first kappa shape index (κ1) is 13.1. The molecular formula is C13H14O4. The Morgan fingerprint density at radius 2 is 1.82 bits per heavy atom. The van der Waals surface area contributed by atoms with Crippen LogP contribution in [0.3, 0.4) is 0 Å². The lowest BCUT2D eigenvalue weighted by Gasteiger charge is -2.04. The fraction of sp³-hybridized carbons (Fsp3) is 0.308. The molecule has 0 spiro atoms. The van der Waals surface area contributed by atoms with Crippen LogP contribution in [0.4, 0.5) is 0 Å². The lowest BCUT2D eigenvalue weighted by atomic mass is 9.99. The average Bonchev–Trinajstić information content (AvgIpc) is 2.28. The molecule has 0 radical (unpaired) electrons. The predicted molar refractivity (Wildman–Crippen MR) is 61.9 cm³/mol. The Hall–Kier alpha value is -1.97. The lowest BCUT2D eigenvalue weighted by Crippen LogP contribution is -2.19. The quantitative estimate of drug-likeness (QED) is 0.344. The summed E-state index contributed by atoms with van der Waals surface area (Å²) in [5.74, 6) is -2.09. The Kier molecular flexibility index (Phi) is 4.15. The lowest BCUT2D eigenvalue weighted by molar-refractivity contribution is -0.142. The first-order chi connectivity index (χ1) is 7.95. The number of rotatable bonds is 4. The van der Waals surface area contributed by atoms with Crippen molar-refractivity contribution in [2.45, 2.75) is 20.3 Å². The van der Waals surface area contributed by atoms with Crippen molar-refractivity contribution in [1.29, 1.82) is 0 Å². The van der Waals surface area contributed by atoms with Gasteiger partial charge in [-0.1, -0.05) is 23.8 Å². The predicted octanol–water partition coefficient (Wildman–Crippen LogP) is 1.62. The minimum atomic E-state index is -0.746. The first-order valence-electron chi connectivity index (χ1n) is 5.17. The Morgan fingerprint density at radius 1 is 1.18 bits per heavy atom. The van der Waals surface area contributed by atoms with E-state index in [4.69, 9.17) is 0 Å². The maximum atomic E-state index is 11.8. The number of hydrogen-bond acceptors (Lipinski definition) is 4. The van der Waals surface area contributed by atoms with Crippen LogP contribution in [0, 0.1) is 13.8 Å². The number of hydrogen-bond donors (Lipinski definition) is 0. The molecule has 0 aliphatic carbocycles. The zero-order valence-electron chi connectivity index (χ0n) is 10.1. The van der Waals surface area contributed by atoms with Gasteiger partial charge >= 0.3 is 5.97 Å². The molecule has 0 N–H and O–H groups in total. The highest BCUT2D eigenvalue weighted by molar-refractivity contribution is 6.46. The number of benzene rings is 1. The second-order valence-electron chi connectivity index (χ2n) is 3.82. The summed E-state index contributed by atoms with van der Waals surface area (Å²) in [5, 5.41) is 0. The van der Waals surface area contributed by atoms with Gasteiger partial charge in [0.1, 0.15) is 6.42 Å². The SMILES string of the molecule is COC(=O)CC(=O)C(=O)c1ccc(C)cc1C. The molecule has 4 nitrogen and oxygen atoms in total. The van der Waals surface area contributed by atoms with Gasteiger partial charge in [-0.25, -0.2) is 0 Å². The van der Waals surface area contributed by atoms with Gasteiger partial charge in [-0.2, -0.15) is 0 Å². The van der Waals surface area contributed by atoms with Gasteiger partial charge in [-0.3, -0.25) is 14.4 Å². The summed E-state index contributed by atoms with van der Waals surface area (Å²) in [6, 6.07) is 5.17. The number of methoxy groups -OCH3 is 1. The zero-order valence-corrected chi connectivity index (χ0v) is 10.1. The third-order valence-corrected chi connectivity index (χ3v) is 2.41. The average molecular weight is 234 g/mol. The molecule has 0 fully saturated rings. The van der Waals surface area contributed by atoms with Gasteiger partial charge in [-0.05, 0) is 19.4 Å². The number of Topliss-reactive ketones (excluding diaryl/α,β-unsaturated/α-hetero) is 2. The van der Waals surface area contributed by atoms with E-state index in [9.17, 15) is 14.4 Å². The van der Waals surface area contributed by atoms with E-state index in [-0.39, 0.29) is 0 Å². The Balaban J connectivity index is 2.89. The number of ketones is 2. The number of carbonyl (C=O) groups is 3. The summed E-state index contributed by atoms with van der Waals surface area (Å²) in [4.78, 5) is 34.2. The van der Waals surface area contributed by atoms with Crippen LogP contribution in [-0.2, 0) is 14.3 Å². The molecule has 4 heteroatoms. The van der Waals surface area contributed by atoms with Gasteiger partial charge in [-0.15, -0.1) is 0 Å². The van der Waals surface area contributed by atoms with Crippen molar-refractivity contribution in [3.63, 3.8) is 0 Å². The molecule has 0 heterocycles. The minimum Gasteiger partial charge on any atom is -0.469 e. The zero-order chi connectivity index (χ0) is 13.0. The number of carbonyl (C=O) groups excluding carboxylic acids is 3. The minimum absolute atomic E-state index is 0.338. The number of ether oxygens (including phenoxy) is 1. The summed E-state index contributed by atoms with van der Waals surface area (Å²) in [6.07, 6.45) is -0.511. The fourth-order valence-electron chi connectivity index (χ4n) is 1.50. The molecule has 1 aromatic carbocycles. The molecule has 0 unspecified atom stereocenters. The summed E-state index contributed by atoms with van der Waals surface area (Å²) in [6.45, 7) is 3.66. The van der Waals surface area contributed by atoms with Gasteiger partial charge < -0.3 is 4.74 Å². The third kappa shape index (κ3) is 3.24. The van der Waals surface area contributed by atoms with E-state index in [0.717, 1.165) is 11.1 Å².